The second-order valence-corrected chi connectivity index (χ2v) is 7.01. The molecule has 2 saturated heterocycles. The Morgan fingerprint density at radius 2 is 1.95 bits per heavy atom. The first-order chi connectivity index (χ1) is 10.3. The van der Waals surface area contributed by atoms with Gasteiger partial charge in [0.2, 0.25) is 0 Å². The number of hydrogen-bond acceptors (Lipinski definition) is 4. The van der Waals surface area contributed by atoms with Crippen LogP contribution < -0.4 is 5.32 Å². The van der Waals surface area contributed by atoms with Crippen molar-refractivity contribution in [1.82, 2.24) is 5.32 Å². The maximum Gasteiger partial charge on any atom is 0.0961 e. The highest BCUT2D eigenvalue weighted by Crippen LogP contribution is 2.35. The van der Waals surface area contributed by atoms with Crippen LogP contribution >= 0.6 is 0 Å². The third-order valence-electron chi connectivity index (χ3n) is 5.26. The van der Waals surface area contributed by atoms with Gasteiger partial charge in [0.05, 0.1) is 24.4 Å². The fourth-order valence-electron chi connectivity index (χ4n) is 3.99. The lowest BCUT2D eigenvalue weighted by atomic mass is 9.89. The Morgan fingerprint density at radius 3 is 2.67 bits per heavy atom. The van der Waals surface area contributed by atoms with Crippen molar-refractivity contribution >= 4 is 0 Å². The standard InChI is InChI=1S/C17H31NO3/c1-2-9-18-14-3-5-15(6-4-14)21-16-7-10-20-17(12-16)8-11-19-13-17/h14-16,18H,2-13H2,1H3. The molecule has 0 amide bonds. The summed E-state index contributed by atoms with van der Waals surface area (Å²) < 4.78 is 17.9. The van der Waals surface area contributed by atoms with Crippen molar-refractivity contribution in [1.29, 1.82) is 0 Å². The molecule has 0 aromatic heterocycles. The summed E-state index contributed by atoms with van der Waals surface area (Å²) in [5.74, 6) is 0. The summed E-state index contributed by atoms with van der Waals surface area (Å²) in [6.07, 6.45) is 10.1. The first-order valence-corrected chi connectivity index (χ1v) is 8.90. The third kappa shape index (κ3) is 4.19. The van der Waals surface area contributed by atoms with E-state index < -0.39 is 0 Å². The third-order valence-corrected chi connectivity index (χ3v) is 5.26. The van der Waals surface area contributed by atoms with E-state index in [1.54, 1.807) is 0 Å². The summed E-state index contributed by atoms with van der Waals surface area (Å²) in [7, 11) is 0. The van der Waals surface area contributed by atoms with Crippen molar-refractivity contribution in [2.45, 2.75) is 82.1 Å². The van der Waals surface area contributed by atoms with Gasteiger partial charge in [0.1, 0.15) is 0 Å². The molecule has 1 aliphatic carbocycles. The lowest BCUT2D eigenvalue weighted by Crippen LogP contribution is -2.45. The van der Waals surface area contributed by atoms with Gasteiger partial charge >= 0.3 is 0 Å². The van der Waals surface area contributed by atoms with Gasteiger partial charge < -0.3 is 19.5 Å². The van der Waals surface area contributed by atoms with Gasteiger partial charge in [-0.3, -0.25) is 0 Å². The van der Waals surface area contributed by atoms with Crippen LogP contribution in [0.4, 0.5) is 0 Å². The molecule has 4 nitrogen and oxygen atoms in total. The molecule has 3 fully saturated rings. The fraction of sp³-hybridized carbons (Fsp3) is 1.00. The second kappa shape index (κ2) is 7.40. The molecule has 2 aliphatic heterocycles. The van der Waals surface area contributed by atoms with Gasteiger partial charge in [0.25, 0.3) is 0 Å². The Kier molecular flexibility index (Phi) is 5.54. The van der Waals surface area contributed by atoms with E-state index in [4.69, 9.17) is 14.2 Å². The van der Waals surface area contributed by atoms with Crippen molar-refractivity contribution in [2.75, 3.05) is 26.4 Å². The minimum atomic E-state index is -0.0250. The Labute approximate surface area is 128 Å². The molecular weight excluding hydrogens is 266 g/mol. The summed E-state index contributed by atoms with van der Waals surface area (Å²) in [4.78, 5) is 0. The number of ether oxygens (including phenoxy) is 3. The first-order valence-electron chi connectivity index (χ1n) is 8.90. The molecule has 3 aliphatic rings. The van der Waals surface area contributed by atoms with E-state index in [1.165, 1.54) is 32.1 Å². The maximum atomic E-state index is 6.41. The highest BCUT2D eigenvalue weighted by Gasteiger charge is 2.42. The van der Waals surface area contributed by atoms with Crippen LogP contribution in [0.1, 0.15) is 58.3 Å². The monoisotopic (exact) mass is 297 g/mol. The van der Waals surface area contributed by atoms with Crippen LogP contribution in [0, 0.1) is 0 Å². The predicted octanol–water partition coefficient (Wildman–Crippen LogP) is 2.65. The van der Waals surface area contributed by atoms with Crippen molar-refractivity contribution in [3.05, 3.63) is 0 Å². The highest BCUT2D eigenvalue weighted by atomic mass is 16.6. The normalized spacial score (nSPS) is 40.7. The molecule has 0 radical (unpaired) electrons. The molecule has 2 atom stereocenters. The Morgan fingerprint density at radius 1 is 1.10 bits per heavy atom. The van der Waals surface area contributed by atoms with E-state index in [9.17, 15) is 0 Å². The molecule has 0 aromatic carbocycles. The summed E-state index contributed by atoms with van der Waals surface area (Å²) in [5.41, 5.74) is -0.0250. The molecule has 1 saturated carbocycles. The molecule has 4 heteroatoms. The van der Waals surface area contributed by atoms with Gasteiger partial charge in [0.15, 0.2) is 0 Å². The minimum Gasteiger partial charge on any atom is -0.378 e. The summed E-state index contributed by atoms with van der Waals surface area (Å²) in [6.45, 7) is 5.83. The average Bonchev–Trinajstić information content (AvgIpc) is 2.94. The van der Waals surface area contributed by atoms with Gasteiger partial charge in [-0.15, -0.1) is 0 Å². The first kappa shape index (κ1) is 15.7. The fourth-order valence-corrected chi connectivity index (χ4v) is 3.99. The summed E-state index contributed by atoms with van der Waals surface area (Å²) >= 11 is 0. The Hall–Kier alpha value is -0.160. The Bertz CT molecular complexity index is 309. The van der Waals surface area contributed by atoms with E-state index in [0.717, 1.165) is 45.6 Å². The molecule has 0 bridgehead atoms. The van der Waals surface area contributed by atoms with E-state index in [2.05, 4.69) is 12.2 Å². The number of hydrogen-bond donors (Lipinski definition) is 1. The SMILES string of the molecule is CCCNC1CCC(OC2CCOC3(CCOC3)C2)CC1. The molecule has 3 rings (SSSR count). The van der Waals surface area contributed by atoms with Crippen molar-refractivity contribution in [3.8, 4) is 0 Å². The lowest BCUT2D eigenvalue weighted by molar-refractivity contribution is -0.151. The van der Waals surface area contributed by atoms with Crippen molar-refractivity contribution in [2.24, 2.45) is 0 Å². The molecule has 2 unspecified atom stereocenters. The summed E-state index contributed by atoms with van der Waals surface area (Å²) in [6, 6.07) is 0.717. The number of rotatable bonds is 5. The minimum absolute atomic E-state index is 0.0250. The van der Waals surface area contributed by atoms with Crippen molar-refractivity contribution in [3.63, 3.8) is 0 Å². The highest BCUT2D eigenvalue weighted by molar-refractivity contribution is 4.91. The molecule has 0 aromatic rings. The van der Waals surface area contributed by atoms with E-state index in [-0.39, 0.29) is 5.60 Å². The topological polar surface area (TPSA) is 39.7 Å². The summed E-state index contributed by atoms with van der Waals surface area (Å²) in [5, 5.41) is 3.64. The van der Waals surface area contributed by atoms with Gasteiger partial charge in [-0.1, -0.05) is 6.92 Å². The zero-order valence-electron chi connectivity index (χ0n) is 13.4. The molecule has 2 heterocycles. The van der Waals surface area contributed by atoms with Crippen LogP contribution in [0.2, 0.25) is 0 Å². The zero-order valence-corrected chi connectivity index (χ0v) is 13.4. The molecule has 1 spiro atoms. The smallest absolute Gasteiger partial charge is 0.0961 e. The van der Waals surface area contributed by atoms with Crippen LogP contribution in [0.25, 0.3) is 0 Å². The average molecular weight is 297 g/mol. The Balaban J connectivity index is 1.41. The number of nitrogens with one attached hydrogen (secondary N) is 1. The molecule has 1 N–H and O–H groups in total. The molecule has 21 heavy (non-hydrogen) atoms. The van der Waals surface area contributed by atoms with Crippen LogP contribution in [0.3, 0.4) is 0 Å². The van der Waals surface area contributed by atoms with E-state index in [1.807, 2.05) is 0 Å². The molecule has 122 valence electrons. The maximum absolute atomic E-state index is 6.41. The van der Waals surface area contributed by atoms with Crippen LogP contribution in [0.15, 0.2) is 0 Å². The van der Waals surface area contributed by atoms with Gasteiger partial charge in [-0.05, 0) is 45.1 Å². The van der Waals surface area contributed by atoms with Crippen molar-refractivity contribution < 1.29 is 14.2 Å². The van der Waals surface area contributed by atoms with Gasteiger partial charge in [0, 0.05) is 32.1 Å². The van der Waals surface area contributed by atoms with Crippen LogP contribution in [0.5, 0.6) is 0 Å². The molecular formula is C17H31NO3. The van der Waals surface area contributed by atoms with E-state index in [0.29, 0.717) is 18.2 Å². The largest absolute Gasteiger partial charge is 0.378 e. The predicted molar refractivity (Wildman–Crippen MR) is 82.6 cm³/mol. The second-order valence-electron chi connectivity index (χ2n) is 7.01. The zero-order chi connectivity index (χ0) is 14.5. The lowest BCUT2D eigenvalue weighted by Gasteiger charge is -2.39. The van der Waals surface area contributed by atoms with Gasteiger partial charge in [-0.2, -0.15) is 0 Å². The van der Waals surface area contributed by atoms with Crippen LogP contribution in [-0.4, -0.2) is 50.2 Å². The van der Waals surface area contributed by atoms with Crippen LogP contribution in [-0.2, 0) is 14.2 Å². The quantitative estimate of drug-likeness (QED) is 0.847. The van der Waals surface area contributed by atoms with Gasteiger partial charge in [-0.25, -0.2) is 0 Å². The van der Waals surface area contributed by atoms with E-state index >= 15 is 0 Å².